The van der Waals surface area contributed by atoms with Crippen molar-refractivity contribution >= 4 is 15.7 Å². The Morgan fingerprint density at radius 3 is 2.06 bits per heavy atom. The maximum Gasteiger partial charge on any atom is 0.327 e. The summed E-state index contributed by atoms with van der Waals surface area (Å²) in [4.78, 5) is 2.00. The molecule has 0 spiro atoms. The molecular weight excluding hydrogens is 252 g/mol. The lowest BCUT2D eigenvalue weighted by atomic mass is 10.3. The highest BCUT2D eigenvalue weighted by molar-refractivity contribution is 7.86. The van der Waals surface area contributed by atoms with Crippen LogP contribution in [0.25, 0.3) is 0 Å². The van der Waals surface area contributed by atoms with E-state index in [1.54, 1.807) is 12.1 Å². The minimum atomic E-state index is -3.82. The molecule has 1 saturated heterocycles. The van der Waals surface area contributed by atoms with Gasteiger partial charge in [-0.3, -0.25) is 4.05 Å². The summed E-state index contributed by atoms with van der Waals surface area (Å²) in [6.45, 7) is 0.329. The molecular formula is C12H18N2O3S. The lowest BCUT2D eigenvalue weighted by Crippen LogP contribution is -2.44. The first-order chi connectivity index (χ1) is 8.37. The van der Waals surface area contributed by atoms with Gasteiger partial charge in [0.2, 0.25) is 0 Å². The van der Waals surface area contributed by atoms with E-state index in [1.807, 2.05) is 19.0 Å². The van der Waals surface area contributed by atoms with Crippen molar-refractivity contribution in [3.05, 3.63) is 29.5 Å². The molecule has 0 aromatic heterocycles. The largest absolute Gasteiger partial charge is 0.616 e. The van der Waals surface area contributed by atoms with Gasteiger partial charge in [0.25, 0.3) is 0 Å². The van der Waals surface area contributed by atoms with Crippen molar-refractivity contribution in [3.8, 4) is 0 Å². The maximum absolute atomic E-state index is 12.3. The van der Waals surface area contributed by atoms with E-state index in [-0.39, 0.29) is 18.0 Å². The third kappa shape index (κ3) is 2.11. The Morgan fingerprint density at radius 1 is 1.11 bits per heavy atom. The molecule has 1 fully saturated rings. The molecule has 18 heavy (non-hydrogen) atoms. The molecule has 0 aliphatic carbocycles. The van der Waals surface area contributed by atoms with Gasteiger partial charge in [-0.2, -0.15) is 8.42 Å². The standard InChI is InChI=1S/C12H18N2O3S/c1-13(2)11-5-7-12(8-6-11)18(16,17)14(15)9-3-4-10-14/h5-8H,3-4,9-10H2,1-2H3. The first-order valence-electron chi connectivity index (χ1n) is 5.97. The normalized spacial score (nSPS) is 18.8. The van der Waals surface area contributed by atoms with Gasteiger partial charge in [-0.15, -0.1) is 0 Å². The summed E-state index contributed by atoms with van der Waals surface area (Å²) in [5.74, 6) is 0. The van der Waals surface area contributed by atoms with Crippen molar-refractivity contribution in [3.63, 3.8) is 0 Å². The van der Waals surface area contributed by atoms with Crippen LogP contribution in [0, 0.1) is 5.21 Å². The van der Waals surface area contributed by atoms with E-state index < -0.39 is 14.1 Å². The number of nitrogens with zero attached hydrogens (tertiary/aromatic N) is 2. The van der Waals surface area contributed by atoms with Crippen LogP contribution in [0.5, 0.6) is 0 Å². The average Bonchev–Trinajstić information content (AvgIpc) is 2.78. The molecule has 1 aromatic carbocycles. The van der Waals surface area contributed by atoms with Gasteiger partial charge >= 0.3 is 10.0 Å². The van der Waals surface area contributed by atoms with Crippen molar-refractivity contribution in [2.75, 3.05) is 32.1 Å². The predicted molar refractivity (Wildman–Crippen MR) is 70.6 cm³/mol. The minimum absolute atomic E-state index is 0.116. The lowest BCUT2D eigenvalue weighted by molar-refractivity contribution is -0.737. The number of hydrogen-bond acceptors (Lipinski definition) is 4. The van der Waals surface area contributed by atoms with Crippen LogP contribution in [0.1, 0.15) is 12.8 Å². The number of benzene rings is 1. The number of anilines is 1. The summed E-state index contributed by atoms with van der Waals surface area (Å²) < 4.78 is 23.5. The molecule has 0 saturated carbocycles. The van der Waals surface area contributed by atoms with Crippen LogP contribution in [0.2, 0.25) is 0 Å². The summed E-state index contributed by atoms with van der Waals surface area (Å²) in [6.07, 6.45) is 1.36. The fourth-order valence-corrected chi connectivity index (χ4v) is 3.77. The van der Waals surface area contributed by atoms with E-state index in [2.05, 4.69) is 0 Å². The van der Waals surface area contributed by atoms with Crippen LogP contribution in [0.15, 0.2) is 29.2 Å². The Kier molecular flexibility index (Phi) is 3.35. The fourth-order valence-electron chi connectivity index (χ4n) is 2.17. The van der Waals surface area contributed by atoms with E-state index in [4.69, 9.17) is 0 Å². The highest BCUT2D eigenvalue weighted by atomic mass is 32.2. The summed E-state index contributed by atoms with van der Waals surface area (Å²) >= 11 is 0. The number of sulfonamides is 1. The van der Waals surface area contributed by atoms with Gasteiger partial charge in [0.1, 0.15) is 4.90 Å². The quantitative estimate of drug-likeness (QED) is 0.617. The van der Waals surface area contributed by atoms with Crippen LogP contribution >= 0.6 is 0 Å². The monoisotopic (exact) mass is 270 g/mol. The van der Waals surface area contributed by atoms with Crippen molar-refractivity contribution in [2.45, 2.75) is 17.7 Å². The Hall–Kier alpha value is -1.11. The fraction of sp³-hybridized carbons (Fsp3) is 0.500. The zero-order chi connectivity index (χ0) is 13.4. The molecule has 0 unspecified atom stereocenters. The molecule has 0 atom stereocenters. The molecule has 100 valence electrons. The van der Waals surface area contributed by atoms with Gasteiger partial charge in [0.15, 0.2) is 0 Å². The molecule has 1 heterocycles. The molecule has 0 amide bonds. The Bertz CT molecular complexity index is 517. The Morgan fingerprint density at radius 2 is 1.61 bits per heavy atom. The SMILES string of the molecule is CN(C)c1ccc(S(=O)(=O)[N+]2([O-])CCCC2)cc1. The molecule has 0 N–H and O–H groups in total. The van der Waals surface area contributed by atoms with Crippen molar-refractivity contribution in [2.24, 2.45) is 0 Å². The van der Waals surface area contributed by atoms with E-state index in [9.17, 15) is 13.6 Å². The second-order valence-corrected chi connectivity index (χ2v) is 6.92. The average molecular weight is 270 g/mol. The molecule has 0 bridgehead atoms. The topological polar surface area (TPSA) is 60.4 Å². The van der Waals surface area contributed by atoms with Gasteiger partial charge in [0.05, 0.1) is 13.1 Å². The molecule has 5 nitrogen and oxygen atoms in total. The van der Waals surface area contributed by atoms with E-state index in [0.29, 0.717) is 12.8 Å². The molecule has 6 heteroatoms. The highest BCUT2D eigenvalue weighted by Crippen LogP contribution is 2.29. The Balaban J connectivity index is 2.36. The third-order valence-electron chi connectivity index (χ3n) is 3.34. The first kappa shape index (κ1) is 13.3. The van der Waals surface area contributed by atoms with Crippen LogP contribution < -0.4 is 4.90 Å². The zero-order valence-electron chi connectivity index (χ0n) is 10.7. The minimum Gasteiger partial charge on any atom is -0.616 e. The number of hydrogen-bond donors (Lipinski definition) is 0. The highest BCUT2D eigenvalue weighted by Gasteiger charge is 2.38. The number of hydroxylamine groups is 2. The maximum atomic E-state index is 12.3. The van der Waals surface area contributed by atoms with Crippen molar-refractivity contribution < 1.29 is 12.5 Å². The van der Waals surface area contributed by atoms with Crippen molar-refractivity contribution in [1.82, 2.24) is 0 Å². The third-order valence-corrected chi connectivity index (χ3v) is 5.45. The summed E-state index contributed by atoms with van der Waals surface area (Å²) in [7, 11) is -0.0561. The van der Waals surface area contributed by atoms with Gasteiger partial charge < -0.3 is 10.1 Å². The van der Waals surface area contributed by atoms with Crippen LogP contribution in [-0.2, 0) is 10.0 Å². The number of quaternary nitrogens is 1. The van der Waals surface area contributed by atoms with Gasteiger partial charge in [-0.25, -0.2) is 0 Å². The lowest BCUT2D eigenvalue weighted by Gasteiger charge is -2.36. The molecule has 1 aliphatic heterocycles. The smallest absolute Gasteiger partial charge is 0.327 e. The van der Waals surface area contributed by atoms with Gasteiger partial charge in [-0.05, 0) is 24.3 Å². The van der Waals surface area contributed by atoms with E-state index in [1.165, 1.54) is 12.1 Å². The second-order valence-electron chi connectivity index (χ2n) is 4.83. The first-order valence-corrected chi connectivity index (χ1v) is 7.41. The second kappa shape index (κ2) is 4.53. The van der Waals surface area contributed by atoms with Crippen LogP contribution in [0.3, 0.4) is 0 Å². The van der Waals surface area contributed by atoms with E-state index in [0.717, 1.165) is 5.69 Å². The molecule has 2 rings (SSSR count). The van der Waals surface area contributed by atoms with Crippen LogP contribution in [0.4, 0.5) is 5.69 Å². The van der Waals surface area contributed by atoms with Gasteiger partial charge in [0, 0.05) is 32.6 Å². The van der Waals surface area contributed by atoms with Gasteiger partial charge in [-0.1, -0.05) is 0 Å². The van der Waals surface area contributed by atoms with E-state index >= 15 is 0 Å². The molecule has 1 aliphatic rings. The summed E-state index contributed by atoms with van der Waals surface area (Å²) in [5.41, 5.74) is 0.910. The predicted octanol–water partition coefficient (Wildman–Crippen LogP) is 1.55. The van der Waals surface area contributed by atoms with Crippen molar-refractivity contribution in [1.29, 1.82) is 0 Å². The number of rotatable bonds is 3. The molecule has 1 aromatic rings. The summed E-state index contributed by atoms with van der Waals surface area (Å²) in [6, 6.07) is 6.46. The zero-order valence-corrected chi connectivity index (χ0v) is 11.5. The summed E-state index contributed by atoms with van der Waals surface area (Å²) in [5, 5.41) is 12.3. The molecule has 0 radical (unpaired) electrons. The Labute approximate surface area is 108 Å². The van der Waals surface area contributed by atoms with Crippen LogP contribution in [-0.4, -0.2) is 39.7 Å².